The number of rotatable bonds is 4. The molecule has 0 spiro atoms. The molecule has 0 bridgehead atoms. The predicted octanol–water partition coefficient (Wildman–Crippen LogP) is 1.36. The van der Waals surface area contributed by atoms with Crippen molar-refractivity contribution in [3.8, 4) is 0 Å². The van der Waals surface area contributed by atoms with Gasteiger partial charge < -0.3 is 4.90 Å². The van der Waals surface area contributed by atoms with Crippen molar-refractivity contribution in [1.82, 2.24) is 9.71 Å². The van der Waals surface area contributed by atoms with Gasteiger partial charge in [-0.3, -0.25) is 0 Å². The van der Waals surface area contributed by atoms with Gasteiger partial charge in [-0.1, -0.05) is 0 Å². The molecule has 1 saturated heterocycles. The molecule has 1 N–H and O–H groups in total. The first-order chi connectivity index (χ1) is 8.52. The van der Waals surface area contributed by atoms with Crippen LogP contribution >= 0.6 is 15.9 Å². The van der Waals surface area contributed by atoms with E-state index in [0.29, 0.717) is 0 Å². The minimum Gasteiger partial charge on any atom is -0.353 e. The highest BCUT2D eigenvalue weighted by Gasteiger charge is 2.29. The van der Waals surface area contributed by atoms with Gasteiger partial charge in [0.2, 0.25) is 10.0 Å². The summed E-state index contributed by atoms with van der Waals surface area (Å²) in [6.07, 6.45) is 3.62. The summed E-state index contributed by atoms with van der Waals surface area (Å²) in [5.41, 5.74) is 0. The van der Waals surface area contributed by atoms with Crippen molar-refractivity contribution in [2.24, 2.45) is 0 Å². The fourth-order valence-electron chi connectivity index (χ4n) is 2.19. The van der Waals surface area contributed by atoms with Crippen molar-refractivity contribution in [3.63, 3.8) is 0 Å². The van der Waals surface area contributed by atoms with Gasteiger partial charge in [-0.05, 0) is 48.0 Å². The zero-order valence-electron chi connectivity index (χ0n) is 10.1. The Bertz CT molecular complexity index is 504. The minimum absolute atomic E-state index is 0.0103. The summed E-state index contributed by atoms with van der Waals surface area (Å²) >= 11 is 3.34. The number of sulfonamides is 1. The first-order valence-electron chi connectivity index (χ1n) is 5.81. The highest BCUT2D eigenvalue weighted by Crippen LogP contribution is 2.25. The lowest BCUT2D eigenvalue weighted by atomic mass is 10.2. The van der Waals surface area contributed by atoms with Crippen LogP contribution < -0.4 is 9.62 Å². The smallest absolute Gasteiger partial charge is 0.213 e. The molecule has 100 valence electrons. The van der Waals surface area contributed by atoms with Crippen LogP contribution in [-0.2, 0) is 10.0 Å². The van der Waals surface area contributed by atoms with Crippen molar-refractivity contribution in [3.05, 3.63) is 22.8 Å². The van der Waals surface area contributed by atoms with Gasteiger partial charge in [0.15, 0.2) is 0 Å². The third kappa shape index (κ3) is 3.21. The van der Waals surface area contributed by atoms with Gasteiger partial charge in [0, 0.05) is 23.3 Å². The number of halogens is 1. The lowest BCUT2D eigenvalue weighted by molar-refractivity contribution is 0.577. The minimum atomic E-state index is -3.18. The van der Waals surface area contributed by atoms with E-state index in [1.54, 1.807) is 6.20 Å². The Labute approximate surface area is 116 Å². The van der Waals surface area contributed by atoms with Crippen LogP contribution in [0.4, 0.5) is 5.82 Å². The van der Waals surface area contributed by atoms with E-state index in [0.717, 1.165) is 29.7 Å². The van der Waals surface area contributed by atoms with E-state index in [9.17, 15) is 8.42 Å². The molecule has 0 aromatic carbocycles. The molecule has 18 heavy (non-hydrogen) atoms. The molecule has 5 nitrogen and oxygen atoms in total. The molecule has 1 fully saturated rings. The van der Waals surface area contributed by atoms with Gasteiger partial charge in [0.25, 0.3) is 0 Å². The van der Waals surface area contributed by atoms with Crippen LogP contribution in [0.15, 0.2) is 22.8 Å². The van der Waals surface area contributed by atoms with E-state index >= 15 is 0 Å². The van der Waals surface area contributed by atoms with E-state index in [1.807, 2.05) is 12.1 Å². The molecular formula is C11H16BrN3O2S. The zero-order chi connectivity index (χ0) is 13.2. The second-order valence-electron chi connectivity index (χ2n) is 4.31. The maximum absolute atomic E-state index is 11.6. The van der Waals surface area contributed by atoms with Crippen LogP contribution in [-0.4, -0.2) is 38.8 Å². The Morgan fingerprint density at radius 2 is 2.33 bits per heavy atom. The molecule has 0 unspecified atom stereocenters. The molecule has 1 atom stereocenters. The number of hydrogen-bond donors (Lipinski definition) is 1. The molecule has 1 aromatic rings. The van der Waals surface area contributed by atoms with Gasteiger partial charge in [-0.15, -0.1) is 0 Å². The molecule has 0 saturated carbocycles. The van der Waals surface area contributed by atoms with Crippen LogP contribution in [0.3, 0.4) is 0 Å². The normalized spacial score (nSPS) is 20.3. The first kappa shape index (κ1) is 13.8. The number of nitrogens with zero attached hydrogens (tertiary/aromatic N) is 2. The lowest BCUT2D eigenvalue weighted by Gasteiger charge is -2.25. The van der Waals surface area contributed by atoms with Gasteiger partial charge in [0.1, 0.15) is 5.82 Å². The van der Waals surface area contributed by atoms with E-state index in [2.05, 4.69) is 30.5 Å². The third-order valence-electron chi connectivity index (χ3n) is 3.11. The predicted molar refractivity (Wildman–Crippen MR) is 75.2 cm³/mol. The lowest BCUT2D eigenvalue weighted by Crippen LogP contribution is -2.38. The number of nitrogens with one attached hydrogen (secondary N) is 1. The van der Waals surface area contributed by atoms with Crippen LogP contribution in [0, 0.1) is 0 Å². The van der Waals surface area contributed by atoms with Crippen LogP contribution in [0.1, 0.15) is 12.8 Å². The third-order valence-corrected chi connectivity index (χ3v) is 5.02. The molecule has 1 aliphatic rings. The number of aromatic nitrogens is 1. The van der Waals surface area contributed by atoms with Gasteiger partial charge >= 0.3 is 0 Å². The SMILES string of the molecule is CNS(=O)(=O)C[C@@H]1CCCN1c1ccc(Br)cn1. The molecule has 2 heterocycles. The average molecular weight is 334 g/mol. The molecule has 1 aliphatic heterocycles. The summed E-state index contributed by atoms with van der Waals surface area (Å²) in [6, 6.07) is 3.84. The van der Waals surface area contributed by atoms with Crippen molar-refractivity contribution in [2.75, 3.05) is 24.2 Å². The van der Waals surface area contributed by atoms with Crippen molar-refractivity contribution in [2.45, 2.75) is 18.9 Å². The Morgan fingerprint density at radius 3 is 2.94 bits per heavy atom. The fraction of sp³-hybridized carbons (Fsp3) is 0.545. The molecule has 0 amide bonds. The molecule has 2 rings (SSSR count). The fourth-order valence-corrected chi connectivity index (χ4v) is 3.44. The Balaban J connectivity index is 2.15. The quantitative estimate of drug-likeness (QED) is 0.903. The topological polar surface area (TPSA) is 62.3 Å². The highest BCUT2D eigenvalue weighted by atomic mass is 79.9. The molecule has 0 aliphatic carbocycles. The summed E-state index contributed by atoms with van der Waals surface area (Å²) in [5, 5.41) is 0. The van der Waals surface area contributed by atoms with E-state index < -0.39 is 10.0 Å². The summed E-state index contributed by atoms with van der Waals surface area (Å²) in [4.78, 5) is 6.40. The van der Waals surface area contributed by atoms with E-state index in [-0.39, 0.29) is 11.8 Å². The highest BCUT2D eigenvalue weighted by molar-refractivity contribution is 9.10. The van der Waals surface area contributed by atoms with Crippen molar-refractivity contribution >= 4 is 31.8 Å². The largest absolute Gasteiger partial charge is 0.353 e. The Kier molecular flexibility index (Phi) is 4.24. The summed E-state index contributed by atoms with van der Waals surface area (Å²) in [5.74, 6) is 0.966. The summed E-state index contributed by atoms with van der Waals surface area (Å²) < 4.78 is 26.5. The summed E-state index contributed by atoms with van der Waals surface area (Å²) in [6.45, 7) is 0.860. The van der Waals surface area contributed by atoms with Crippen LogP contribution in [0.2, 0.25) is 0 Å². The standard InChI is InChI=1S/C11H16BrN3O2S/c1-13-18(16,17)8-10-3-2-6-15(10)11-5-4-9(12)7-14-11/h4-5,7,10,13H,2-3,6,8H2,1H3/t10-/m0/s1. The van der Waals surface area contributed by atoms with Gasteiger partial charge in [0.05, 0.1) is 5.75 Å². The monoisotopic (exact) mass is 333 g/mol. The van der Waals surface area contributed by atoms with Crippen LogP contribution in [0.5, 0.6) is 0 Å². The van der Waals surface area contributed by atoms with E-state index in [4.69, 9.17) is 0 Å². The van der Waals surface area contributed by atoms with Crippen molar-refractivity contribution in [1.29, 1.82) is 0 Å². The molecule has 7 heteroatoms. The van der Waals surface area contributed by atoms with Gasteiger partial charge in [-0.2, -0.15) is 0 Å². The second-order valence-corrected chi connectivity index (χ2v) is 7.20. The van der Waals surface area contributed by atoms with E-state index in [1.165, 1.54) is 7.05 Å². The molecular weight excluding hydrogens is 318 g/mol. The number of anilines is 1. The molecule has 0 radical (unpaired) electrons. The maximum atomic E-state index is 11.6. The van der Waals surface area contributed by atoms with Gasteiger partial charge in [-0.25, -0.2) is 18.1 Å². The Hall–Kier alpha value is -0.660. The molecule has 1 aromatic heterocycles. The first-order valence-corrected chi connectivity index (χ1v) is 8.26. The average Bonchev–Trinajstić information content (AvgIpc) is 2.77. The summed E-state index contributed by atoms with van der Waals surface area (Å²) in [7, 11) is -1.73. The van der Waals surface area contributed by atoms with Crippen LogP contribution in [0.25, 0.3) is 0 Å². The van der Waals surface area contributed by atoms with Crippen molar-refractivity contribution < 1.29 is 8.42 Å². The zero-order valence-corrected chi connectivity index (χ0v) is 12.5. The number of hydrogen-bond acceptors (Lipinski definition) is 4. The second kappa shape index (κ2) is 5.54. The number of pyridine rings is 1. The Morgan fingerprint density at radius 1 is 1.56 bits per heavy atom. The maximum Gasteiger partial charge on any atom is 0.213 e.